The molecular formula is C18H23F3N2O6S. The number of para-hydroxylation sites is 1. The second kappa shape index (κ2) is 8.70. The van der Waals surface area contributed by atoms with Gasteiger partial charge in [0, 0.05) is 12.0 Å². The van der Waals surface area contributed by atoms with Crippen molar-refractivity contribution in [2.75, 3.05) is 24.1 Å². The number of rotatable bonds is 6. The van der Waals surface area contributed by atoms with Gasteiger partial charge in [-0.1, -0.05) is 39.0 Å². The number of hydrogen-bond acceptors (Lipinski definition) is 6. The van der Waals surface area contributed by atoms with Crippen molar-refractivity contribution in [1.82, 2.24) is 4.90 Å². The second-order valence-corrected chi connectivity index (χ2v) is 9.31. The van der Waals surface area contributed by atoms with Crippen LogP contribution in [0.2, 0.25) is 0 Å². The van der Waals surface area contributed by atoms with Gasteiger partial charge in [-0.2, -0.15) is 25.9 Å². The molecule has 168 valence electrons. The van der Waals surface area contributed by atoms with Crippen molar-refractivity contribution in [3.05, 3.63) is 29.8 Å². The number of carbonyl (C=O) groups excluding carboxylic acids is 2. The van der Waals surface area contributed by atoms with Gasteiger partial charge in [0.25, 0.3) is 0 Å². The molecular weight excluding hydrogens is 429 g/mol. The zero-order valence-electron chi connectivity index (χ0n) is 16.7. The molecule has 1 aromatic rings. The third-order valence-electron chi connectivity index (χ3n) is 4.16. The lowest BCUT2D eigenvalue weighted by molar-refractivity contribution is -0.0438. The predicted octanol–water partition coefficient (Wildman–Crippen LogP) is 3.87. The number of amides is 2. The van der Waals surface area contributed by atoms with E-state index in [0.717, 1.165) is 6.07 Å². The minimum Gasteiger partial charge on any atom is -0.449 e. The molecule has 1 aliphatic heterocycles. The Morgan fingerprint density at radius 3 is 2.53 bits per heavy atom. The van der Waals surface area contributed by atoms with Crippen LogP contribution < -0.4 is 4.31 Å². The molecule has 2 rings (SSSR count). The maximum absolute atomic E-state index is 13.3. The van der Waals surface area contributed by atoms with Crippen molar-refractivity contribution in [3.63, 3.8) is 0 Å². The maximum Gasteiger partial charge on any atom is 0.517 e. The summed E-state index contributed by atoms with van der Waals surface area (Å²) in [5.41, 5.74) is -6.70. The Morgan fingerprint density at radius 2 is 1.93 bits per heavy atom. The number of halogens is 3. The number of carbonyl (C=O) groups is 2. The van der Waals surface area contributed by atoms with E-state index in [4.69, 9.17) is 9.47 Å². The van der Waals surface area contributed by atoms with Crippen LogP contribution in [0.15, 0.2) is 24.3 Å². The van der Waals surface area contributed by atoms with E-state index in [9.17, 15) is 31.2 Å². The molecule has 0 N–H and O–H groups in total. The lowest BCUT2D eigenvalue weighted by atomic mass is 9.93. The summed E-state index contributed by atoms with van der Waals surface area (Å²) in [6.45, 7) is 5.14. The Labute approximate surface area is 172 Å². The van der Waals surface area contributed by atoms with E-state index in [1.807, 2.05) is 13.8 Å². The molecule has 8 nitrogen and oxygen atoms in total. The summed E-state index contributed by atoms with van der Waals surface area (Å²) in [5.74, 6) is 0. The van der Waals surface area contributed by atoms with Crippen LogP contribution in [0, 0.1) is 5.41 Å². The SMILES string of the molecule is CCCOC(=O)N(c1ccccc1CN1CC(C)(C)COC1=O)S(=O)(=O)C(F)(F)F. The summed E-state index contributed by atoms with van der Waals surface area (Å²) in [4.78, 5) is 25.7. The number of hydrogen-bond donors (Lipinski definition) is 0. The fourth-order valence-electron chi connectivity index (χ4n) is 2.82. The van der Waals surface area contributed by atoms with Gasteiger partial charge in [0.1, 0.15) is 0 Å². The third-order valence-corrected chi connectivity index (χ3v) is 5.57. The molecule has 0 aliphatic carbocycles. The topological polar surface area (TPSA) is 93.2 Å². The van der Waals surface area contributed by atoms with E-state index >= 15 is 0 Å². The Bertz CT molecular complexity index is 901. The summed E-state index contributed by atoms with van der Waals surface area (Å²) < 4.78 is 73.5. The zero-order valence-corrected chi connectivity index (χ0v) is 17.5. The van der Waals surface area contributed by atoms with E-state index in [1.165, 1.54) is 23.1 Å². The molecule has 0 bridgehead atoms. The van der Waals surface area contributed by atoms with Gasteiger partial charge in [0.15, 0.2) is 0 Å². The average molecular weight is 452 g/mol. The highest BCUT2D eigenvalue weighted by atomic mass is 32.2. The Balaban J connectivity index is 2.50. The number of cyclic esters (lactones) is 1. The van der Waals surface area contributed by atoms with Crippen LogP contribution in [-0.2, 0) is 26.0 Å². The highest BCUT2D eigenvalue weighted by Crippen LogP contribution is 2.34. The summed E-state index contributed by atoms with van der Waals surface area (Å²) in [6.07, 6.45) is -2.09. The number of ether oxygens (including phenoxy) is 2. The first-order chi connectivity index (χ1) is 13.8. The van der Waals surface area contributed by atoms with Crippen molar-refractivity contribution in [2.24, 2.45) is 5.41 Å². The highest BCUT2D eigenvalue weighted by Gasteiger charge is 2.53. The molecule has 0 radical (unpaired) electrons. The molecule has 0 saturated carbocycles. The summed E-state index contributed by atoms with van der Waals surface area (Å²) in [6, 6.07) is 5.11. The van der Waals surface area contributed by atoms with E-state index in [0.29, 0.717) is 0 Å². The zero-order chi connectivity index (χ0) is 22.7. The van der Waals surface area contributed by atoms with Gasteiger partial charge < -0.3 is 14.4 Å². The molecule has 12 heteroatoms. The largest absolute Gasteiger partial charge is 0.517 e. The molecule has 1 aliphatic rings. The lowest BCUT2D eigenvalue weighted by Crippen LogP contribution is -2.48. The molecule has 2 amide bonds. The molecule has 1 fully saturated rings. The molecule has 0 unspecified atom stereocenters. The first-order valence-corrected chi connectivity index (χ1v) is 10.5. The maximum atomic E-state index is 13.3. The van der Waals surface area contributed by atoms with Gasteiger partial charge in [-0.15, -0.1) is 0 Å². The van der Waals surface area contributed by atoms with Crippen LogP contribution in [0.3, 0.4) is 0 Å². The fourth-order valence-corrected chi connectivity index (χ4v) is 3.71. The van der Waals surface area contributed by atoms with Crippen molar-refractivity contribution < 1.29 is 40.7 Å². The fraction of sp³-hybridized carbons (Fsp3) is 0.556. The first-order valence-electron chi connectivity index (χ1n) is 9.08. The smallest absolute Gasteiger partial charge is 0.449 e. The van der Waals surface area contributed by atoms with Crippen LogP contribution in [0.5, 0.6) is 0 Å². The van der Waals surface area contributed by atoms with Crippen LogP contribution in [-0.4, -0.2) is 50.8 Å². The number of nitrogens with zero attached hydrogens (tertiary/aromatic N) is 2. The van der Waals surface area contributed by atoms with Gasteiger partial charge >= 0.3 is 27.7 Å². The molecule has 1 heterocycles. The summed E-state index contributed by atoms with van der Waals surface area (Å²) in [7, 11) is -6.10. The quantitative estimate of drug-likeness (QED) is 0.651. The van der Waals surface area contributed by atoms with Crippen molar-refractivity contribution in [2.45, 2.75) is 39.2 Å². The predicted molar refractivity (Wildman–Crippen MR) is 101 cm³/mol. The highest BCUT2D eigenvalue weighted by molar-refractivity contribution is 7.94. The Morgan fingerprint density at radius 1 is 1.30 bits per heavy atom. The number of alkyl halides is 3. The van der Waals surface area contributed by atoms with E-state index in [2.05, 4.69) is 0 Å². The second-order valence-electron chi connectivity index (χ2n) is 7.53. The van der Waals surface area contributed by atoms with Crippen molar-refractivity contribution >= 4 is 27.9 Å². The van der Waals surface area contributed by atoms with E-state index in [-0.39, 0.29) is 38.3 Å². The van der Waals surface area contributed by atoms with Crippen LogP contribution >= 0.6 is 0 Å². The summed E-state index contributed by atoms with van der Waals surface area (Å²) in [5, 5.41) is 0. The lowest BCUT2D eigenvalue weighted by Gasteiger charge is -2.37. The van der Waals surface area contributed by atoms with E-state index in [1.54, 1.807) is 6.92 Å². The number of benzene rings is 1. The molecule has 0 spiro atoms. The molecule has 1 saturated heterocycles. The van der Waals surface area contributed by atoms with Gasteiger partial charge in [0.2, 0.25) is 0 Å². The molecule has 0 aromatic heterocycles. The van der Waals surface area contributed by atoms with Gasteiger partial charge in [-0.05, 0) is 18.1 Å². The first kappa shape index (κ1) is 23.8. The van der Waals surface area contributed by atoms with Crippen LogP contribution in [0.25, 0.3) is 0 Å². The average Bonchev–Trinajstić information content (AvgIpc) is 2.63. The normalized spacial score (nSPS) is 16.7. The number of anilines is 1. The Kier molecular flexibility index (Phi) is 6.90. The van der Waals surface area contributed by atoms with Gasteiger partial charge in [-0.3, -0.25) is 0 Å². The standard InChI is InChI=1S/C18H23F3N2O6S/c1-4-9-28-16(25)23(30(26,27)18(19,20)21)14-8-6-5-7-13(14)10-22-11-17(2,3)12-29-15(22)24/h5-8H,4,9-12H2,1-3H3. The monoisotopic (exact) mass is 452 g/mol. The van der Waals surface area contributed by atoms with Crippen molar-refractivity contribution in [1.29, 1.82) is 0 Å². The van der Waals surface area contributed by atoms with Crippen molar-refractivity contribution in [3.8, 4) is 0 Å². The van der Waals surface area contributed by atoms with E-state index < -0.39 is 43.1 Å². The molecule has 0 atom stereocenters. The summed E-state index contributed by atoms with van der Waals surface area (Å²) >= 11 is 0. The minimum atomic E-state index is -6.10. The van der Waals surface area contributed by atoms with Crippen LogP contribution in [0.1, 0.15) is 32.8 Å². The van der Waals surface area contributed by atoms with Crippen LogP contribution in [0.4, 0.5) is 28.4 Å². The van der Waals surface area contributed by atoms with Gasteiger partial charge in [0.05, 0.1) is 25.4 Å². The third kappa shape index (κ3) is 5.15. The van der Waals surface area contributed by atoms with Gasteiger partial charge in [-0.25, -0.2) is 9.59 Å². The number of sulfonamides is 1. The molecule has 1 aromatic carbocycles. The molecule has 30 heavy (non-hydrogen) atoms. The minimum absolute atomic E-state index is 0.00780. The Hall–Kier alpha value is -2.50.